The van der Waals surface area contributed by atoms with E-state index in [9.17, 15) is 14.9 Å². The number of morpholine rings is 1. The fourth-order valence-corrected chi connectivity index (χ4v) is 2.53. The molecule has 0 radical (unpaired) electrons. The van der Waals surface area contributed by atoms with Crippen molar-refractivity contribution >= 4 is 23.2 Å². The van der Waals surface area contributed by atoms with Crippen LogP contribution in [0.5, 0.6) is 5.75 Å². The molecule has 120 valence electrons. The molecule has 0 saturated carbocycles. The SMILES string of the molecule is C[C@@H]1CN(C(=O)COc2ccc(Cl)cc2[N+](=O)[O-])C[C@H](C)O1. The number of nitrogens with zero attached hydrogens (tertiary/aromatic N) is 2. The summed E-state index contributed by atoms with van der Waals surface area (Å²) in [5, 5.41) is 11.2. The number of hydrogen-bond acceptors (Lipinski definition) is 5. The Hall–Kier alpha value is -1.86. The first-order chi connectivity index (χ1) is 10.4. The number of nitro groups is 1. The Balaban J connectivity index is 2.01. The van der Waals surface area contributed by atoms with Crippen molar-refractivity contribution < 1.29 is 19.2 Å². The standard InChI is InChI=1S/C14H17ClN2O5/c1-9-6-16(7-10(2)22-9)14(18)8-21-13-4-3-11(15)5-12(13)17(19)20/h3-5,9-10H,6-8H2,1-2H3/t9-,10+. The molecule has 1 heterocycles. The highest BCUT2D eigenvalue weighted by atomic mass is 35.5. The van der Waals surface area contributed by atoms with E-state index in [0.717, 1.165) is 0 Å². The zero-order chi connectivity index (χ0) is 16.3. The first-order valence-corrected chi connectivity index (χ1v) is 7.24. The van der Waals surface area contributed by atoms with Gasteiger partial charge in [0.05, 0.1) is 17.1 Å². The summed E-state index contributed by atoms with van der Waals surface area (Å²) in [7, 11) is 0. The number of ether oxygens (including phenoxy) is 2. The normalized spacial score (nSPS) is 21.5. The summed E-state index contributed by atoms with van der Waals surface area (Å²) < 4.78 is 10.9. The van der Waals surface area contributed by atoms with Crippen LogP contribution in [0.3, 0.4) is 0 Å². The average molecular weight is 329 g/mol. The van der Waals surface area contributed by atoms with Gasteiger partial charge in [-0.15, -0.1) is 0 Å². The van der Waals surface area contributed by atoms with Crippen LogP contribution < -0.4 is 4.74 Å². The minimum absolute atomic E-state index is 0.0251. The number of carbonyl (C=O) groups excluding carboxylic acids is 1. The topological polar surface area (TPSA) is 81.9 Å². The number of amides is 1. The van der Waals surface area contributed by atoms with Crippen LogP contribution in [0.2, 0.25) is 5.02 Å². The molecule has 22 heavy (non-hydrogen) atoms. The quantitative estimate of drug-likeness (QED) is 0.625. The van der Waals surface area contributed by atoms with E-state index in [2.05, 4.69) is 0 Å². The molecule has 8 heteroatoms. The number of rotatable bonds is 4. The third-order valence-corrected chi connectivity index (χ3v) is 3.48. The molecule has 1 aromatic carbocycles. The summed E-state index contributed by atoms with van der Waals surface area (Å²) >= 11 is 5.73. The van der Waals surface area contributed by atoms with Gasteiger partial charge in [-0.3, -0.25) is 14.9 Å². The molecule has 0 unspecified atom stereocenters. The van der Waals surface area contributed by atoms with Crippen molar-refractivity contribution in [3.63, 3.8) is 0 Å². The molecule has 1 saturated heterocycles. The molecule has 2 atom stereocenters. The molecule has 0 aliphatic carbocycles. The van der Waals surface area contributed by atoms with Crippen molar-refractivity contribution in [3.8, 4) is 5.75 Å². The van der Waals surface area contributed by atoms with E-state index in [-0.39, 0.29) is 41.2 Å². The van der Waals surface area contributed by atoms with Crippen LogP contribution in [0.15, 0.2) is 18.2 Å². The van der Waals surface area contributed by atoms with Gasteiger partial charge < -0.3 is 14.4 Å². The molecule has 2 rings (SSSR count). The molecule has 0 N–H and O–H groups in total. The lowest BCUT2D eigenvalue weighted by molar-refractivity contribution is -0.385. The van der Waals surface area contributed by atoms with E-state index < -0.39 is 4.92 Å². The van der Waals surface area contributed by atoms with Gasteiger partial charge in [0, 0.05) is 24.2 Å². The van der Waals surface area contributed by atoms with E-state index in [4.69, 9.17) is 21.1 Å². The van der Waals surface area contributed by atoms with Crippen molar-refractivity contribution in [2.75, 3.05) is 19.7 Å². The summed E-state index contributed by atoms with van der Waals surface area (Å²) in [5.41, 5.74) is -0.260. The molecule has 1 aliphatic rings. The lowest BCUT2D eigenvalue weighted by atomic mass is 10.2. The van der Waals surface area contributed by atoms with Crippen molar-refractivity contribution in [1.29, 1.82) is 0 Å². The largest absolute Gasteiger partial charge is 0.477 e. The maximum atomic E-state index is 12.2. The molecule has 0 spiro atoms. The molecule has 0 aromatic heterocycles. The van der Waals surface area contributed by atoms with Crippen molar-refractivity contribution in [1.82, 2.24) is 4.90 Å². The van der Waals surface area contributed by atoms with Gasteiger partial charge in [-0.2, -0.15) is 0 Å². The molecule has 1 aromatic rings. The highest BCUT2D eigenvalue weighted by Crippen LogP contribution is 2.29. The van der Waals surface area contributed by atoms with Gasteiger partial charge in [-0.1, -0.05) is 11.6 Å². The van der Waals surface area contributed by atoms with Crippen LogP contribution in [-0.4, -0.2) is 47.6 Å². The van der Waals surface area contributed by atoms with E-state index in [0.29, 0.717) is 13.1 Å². The molecular formula is C14H17ClN2O5. The minimum atomic E-state index is -0.593. The Morgan fingerprint density at radius 2 is 2.09 bits per heavy atom. The van der Waals surface area contributed by atoms with Gasteiger partial charge >= 0.3 is 5.69 Å². The maximum absolute atomic E-state index is 12.2. The van der Waals surface area contributed by atoms with E-state index in [1.165, 1.54) is 18.2 Å². The average Bonchev–Trinajstić information content (AvgIpc) is 2.44. The smallest absolute Gasteiger partial charge is 0.312 e. The number of nitro benzene ring substituents is 1. The first-order valence-electron chi connectivity index (χ1n) is 6.86. The van der Waals surface area contributed by atoms with Crippen LogP contribution >= 0.6 is 11.6 Å². The van der Waals surface area contributed by atoms with Gasteiger partial charge in [0.15, 0.2) is 12.4 Å². The Labute approximate surface area is 132 Å². The Kier molecular flexibility index (Phi) is 5.20. The molecular weight excluding hydrogens is 312 g/mol. The zero-order valence-corrected chi connectivity index (χ0v) is 13.1. The second-order valence-corrected chi connectivity index (χ2v) is 5.65. The summed E-state index contributed by atoms with van der Waals surface area (Å²) in [5.74, 6) is -0.205. The van der Waals surface area contributed by atoms with Crippen LogP contribution in [-0.2, 0) is 9.53 Å². The van der Waals surface area contributed by atoms with Crippen molar-refractivity contribution in [3.05, 3.63) is 33.3 Å². The molecule has 7 nitrogen and oxygen atoms in total. The number of carbonyl (C=O) groups is 1. The van der Waals surface area contributed by atoms with Crippen molar-refractivity contribution in [2.24, 2.45) is 0 Å². The first kappa shape index (κ1) is 16.5. The monoisotopic (exact) mass is 328 g/mol. The highest BCUT2D eigenvalue weighted by molar-refractivity contribution is 6.30. The number of hydrogen-bond donors (Lipinski definition) is 0. The lowest BCUT2D eigenvalue weighted by Crippen LogP contribution is -2.49. The fourth-order valence-electron chi connectivity index (χ4n) is 2.37. The summed E-state index contributed by atoms with van der Waals surface area (Å²) in [6.45, 7) is 4.48. The Morgan fingerprint density at radius 1 is 1.45 bits per heavy atom. The maximum Gasteiger partial charge on any atom is 0.312 e. The van der Waals surface area contributed by atoms with E-state index >= 15 is 0 Å². The number of halogens is 1. The Morgan fingerprint density at radius 3 is 2.68 bits per heavy atom. The summed E-state index contributed by atoms with van der Waals surface area (Å²) in [6.07, 6.45) is -0.0878. The third kappa shape index (κ3) is 4.08. The van der Waals surface area contributed by atoms with Gasteiger partial charge in [0.2, 0.25) is 0 Å². The van der Waals surface area contributed by atoms with Gasteiger partial charge in [0.1, 0.15) is 0 Å². The van der Waals surface area contributed by atoms with Gasteiger partial charge in [-0.05, 0) is 26.0 Å². The minimum Gasteiger partial charge on any atom is -0.477 e. The Bertz CT molecular complexity index is 570. The lowest BCUT2D eigenvalue weighted by Gasteiger charge is -2.35. The fraction of sp³-hybridized carbons (Fsp3) is 0.500. The van der Waals surface area contributed by atoms with Crippen LogP contribution in [0, 0.1) is 10.1 Å². The summed E-state index contributed by atoms with van der Waals surface area (Å²) in [4.78, 5) is 24.2. The van der Waals surface area contributed by atoms with Crippen LogP contribution in [0.1, 0.15) is 13.8 Å². The summed E-state index contributed by atoms with van der Waals surface area (Å²) in [6, 6.07) is 4.06. The van der Waals surface area contributed by atoms with E-state index in [1.54, 1.807) is 4.90 Å². The van der Waals surface area contributed by atoms with Gasteiger partial charge in [0.25, 0.3) is 5.91 Å². The van der Waals surface area contributed by atoms with E-state index in [1.807, 2.05) is 13.8 Å². The van der Waals surface area contributed by atoms with Crippen molar-refractivity contribution in [2.45, 2.75) is 26.1 Å². The predicted molar refractivity (Wildman–Crippen MR) is 80.2 cm³/mol. The second kappa shape index (κ2) is 6.93. The van der Waals surface area contributed by atoms with Gasteiger partial charge in [-0.25, -0.2) is 0 Å². The molecule has 1 fully saturated rings. The van der Waals surface area contributed by atoms with Crippen LogP contribution in [0.4, 0.5) is 5.69 Å². The predicted octanol–water partition coefficient (Wildman–Crippen LogP) is 2.26. The second-order valence-electron chi connectivity index (χ2n) is 5.21. The molecule has 1 aliphatic heterocycles. The third-order valence-electron chi connectivity index (χ3n) is 3.24. The number of benzene rings is 1. The zero-order valence-electron chi connectivity index (χ0n) is 12.3. The van der Waals surface area contributed by atoms with Crippen LogP contribution in [0.25, 0.3) is 0 Å². The molecule has 0 bridgehead atoms. The highest BCUT2D eigenvalue weighted by Gasteiger charge is 2.26. The molecule has 1 amide bonds.